The van der Waals surface area contributed by atoms with Gasteiger partial charge < -0.3 is 19.7 Å². The second-order valence-electron chi connectivity index (χ2n) is 7.07. The lowest BCUT2D eigenvalue weighted by Gasteiger charge is -2.30. The summed E-state index contributed by atoms with van der Waals surface area (Å²) in [6, 6.07) is 13.3. The van der Waals surface area contributed by atoms with Crippen LogP contribution in [0.15, 0.2) is 59.1 Å². The molecule has 0 saturated carbocycles. The number of aliphatic hydroxyl groups excluding tert-OH is 1. The molecular weight excluding hydrogens is 373 g/mol. The van der Waals surface area contributed by atoms with E-state index in [2.05, 4.69) is 10.3 Å². The first-order chi connectivity index (χ1) is 14.1. The van der Waals surface area contributed by atoms with Gasteiger partial charge >= 0.3 is 0 Å². The highest BCUT2D eigenvalue weighted by molar-refractivity contribution is 5.99. The Kier molecular flexibility index (Phi) is 5.57. The molecule has 2 heterocycles. The second kappa shape index (κ2) is 8.45. The molecule has 1 aromatic heterocycles. The molecule has 1 aliphatic heterocycles. The maximum absolute atomic E-state index is 13.1. The van der Waals surface area contributed by atoms with E-state index < -0.39 is 6.10 Å². The van der Waals surface area contributed by atoms with Crippen LogP contribution in [0.2, 0.25) is 0 Å². The molecule has 1 aliphatic rings. The Hall–Kier alpha value is -3.19. The molecule has 4 rings (SSSR count). The third kappa shape index (κ3) is 4.46. The number of para-hydroxylation sites is 1. The number of halogens is 1. The fraction of sp³-hybridized carbons (Fsp3) is 0.273. The minimum atomic E-state index is -0.468. The first-order valence-corrected chi connectivity index (χ1v) is 9.61. The van der Waals surface area contributed by atoms with E-state index in [-0.39, 0.29) is 11.7 Å². The van der Waals surface area contributed by atoms with E-state index in [0.29, 0.717) is 42.5 Å². The van der Waals surface area contributed by atoms with Gasteiger partial charge in [0.2, 0.25) is 5.89 Å². The van der Waals surface area contributed by atoms with Gasteiger partial charge in [-0.2, -0.15) is 0 Å². The number of rotatable bonds is 5. The predicted octanol–water partition coefficient (Wildman–Crippen LogP) is 3.69. The summed E-state index contributed by atoms with van der Waals surface area (Å²) in [6.45, 7) is 1.30. The van der Waals surface area contributed by atoms with Crippen molar-refractivity contribution >= 4 is 11.6 Å². The SMILES string of the molecule is O=C(c1ccccc1NCc1ncc(-c2ccc(F)cc2)o1)N1CCC[C@@H](O)C1. The van der Waals surface area contributed by atoms with Gasteiger partial charge in [0.15, 0.2) is 5.76 Å². The van der Waals surface area contributed by atoms with Crippen LogP contribution in [-0.4, -0.2) is 40.1 Å². The molecular formula is C22H22FN3O3. The molecule has 2 N–H and O–H groups in total. The molecule has 1 saturated heterocycles. The number of nitrogens with zero attached hydrogens (tertiary/aromatic N) is 2. The van der Waals surface area contributed by atoms with Crippen molar-refractivity contribution in [1.29, 1.82) is 0 Å². The van der Waals surface area contributed by atoms with Crippen LogP contribution in [0.4, 0.5) is 10.1 Å². The van der Waals surface area contributed by atoms with Gasteiger partial charge in [-0.1, -0.05) is 12.1 Å². The van der Waals surface area contributed by atoms with Crippen LogP contribution in [0.1, 0.15) is 29.1 Å². The zero-order valence-corrected chi connectivity index (χ0v) is 15.8. The van der Waals surface area contributed by atoms with Crippen molar-refractivity contribution in [3.63, 3.8) is 0 Å². The summed E-state index contributed by atoms with van der Waals surface area (Å²) in [5, 5.41) is 13.1. The minimum absolute atomic E-state index is 0.105. The molecule has 1 amide bonds. The Labute approximate surface area is 168 Å². The molecule has 0 radical (unpaired) electrons. The average molecular weight is 395 g/mol. The molecule has 3 aromatic rings. The van der Waals surface area contributed by atoms with Gasteiger partial charge in [0.25, 0.3) is 5.91 Å². The molecule has 0 spiro atoms. The van der Waals surface area contributed by atoms with Crippen molar-refractivity contribution in [2.45, 2.75) is 25.5 Å². The highest BCUT2D eigenvalue weighted by atomic mass is 19.1. The summed E-state index contributed by atoms with van der Waals surface area (Å²) in [4.78, 5) is 18.8. The van der Waals surface area contributed by atoms with Crippen LogP contribution >= 0.6 is 0 Å². The minimum Gasteiger partial charge on any atom is -0.439 e. The van der Waals surface area contributed by atoms with Crippen LogP contribution in [0.3, 0.4) is 0 Å². The summed E-state index contributed by atoms with van der Waals surface area (Å²) in [7, 11) is 0. The third-order valence-electron chi connectivity index (χ3n) is 4.95. The Bertz CT molecular complexity index is 987. The van der Waals surface area contributed by atoms with Gasteiger partial charge in [-0.15, -0.1) is 0 Å². The van der Waals surface area contributed by atoms with Crippen molar-refractivity contribution in [3.05, 3.63) is 72.0 Å². The lowest BCUT2D eigenvalue weighted by atomic mass is 10.1. The van der Waals surface area contributed by atoms with Crippen molar-refractivity contribution in [1.82, 2.24) is 9.88 Å². The molecule has 2 aromatic carbocycles. The smallest absolute Gasteiger partial charge is 0.256 e. The molecule has 29 heavy (non-hydrogen) atoms. The van der Waals surface area contributed by atoms with E-state index in [9.17, 15) is 14.3 Å². The normalized spacial score (nSPS) is 16.6. The highest BCUT2D eigenvalue weighted by Gasteiger charge is 2.24. The number of aromatic nitrogens is 1. The molecule has 6 nitrogen and oxygen atoms in total. The summed E-state index contributed by atoms with van der Waals surface area (Å²) >= 11 is 0. The fourth-order valence-corrected chi connectivity index (χ4v) is 3.44. The number of hydrogen-bond donors (Lipinski definition) is 2. The maximum atomic E-state index is 13.1. The van der Waals surface area contributed by atoms with Gasteiger partial charge in [-0.25, -0.2) is 9.37 Å². The van der Waals surface area contributed by atoms with Crippen LogP contribution in [0, 0.1) is 5.82 Å². The first-order valence-electron chi connectivity index (χ1n) is 9.61. The van der Waals surface area contributed by atoms with Gasteiger partial charge in [0.1, 0.15) is 5.82 Å². The van der Waals surface area contributed by atoms with Crippen molar-refractivity contribution in [2.24, 2.45) is 0 Å². The second-order valence-corrected chi connectivity index (χ2v) is 7.07. The first kappa shape index (κ1) is 19.1. The van der Waals surface area contributed by atoms with E-state index in [1.165, 1.54) is 12.1 Å². The lowest BCUT2D eigenvalue weighted by Crippen LogP contribution is -2.42. The number of benzene rings is 2. The number of amides is 1. The van der Waals surface area contributed by atoms with Crippen molar-refractivity contribution in [3.8, 4) is 11.3 Å². The van der Waals surface area contributed by atoms with Crippen LogP contribution in [0.25, 0.3) is 11.3 Å². The quantitative estimate of drug-likeness (QED) is 0.689. The van der Waals surface area contributed by atoms with E-state index in [1.54, 1.807) is 29.3 Å². The summed E-state index contributed by atoms with van der Waals surface area (Å²) in [5.41, 5.74) is 1.97. The highest BCUT2D eigenvalue weighted by Crippen LogP contribution is 2.23. The van der Waals surface area contributed by atoms with E-state index in [4.69, 9.17) is 4.42 Å². The number of likely N-dealkylation sites (tertiary alicyclic amines) is 1. The van der Waals surface area contributed by atoms with Crippen LogP contribution < -0.4 is 5.32 Å². The largest absolute Gasteiger partial charge is 0.439 e. The monoisotopic (exact) mass is 395 g/mol. The van der Waals surface area contributed by atoms with Gasteiger partial charge in [0, 0.05) is 24.3 Å². The summed E-state index contributed by atoms with van der Waals surface area (Å²) in [5.74, 6) is 0.595. The van der Waals surface area contributed by atoms with E-state index in [1.807, 2.05) is 18.2 Å². The maximum Gasteiger partial charge on any atom is 0.256 e. The Morgan fingerprint density at radius 3 is 2.83 bits per heavy atom. The topological polar surface area (TPSA) is 78.6 Å². The number of β-amino-alcohol motifs (C(OH)–C–C–N with tert-alkyl or cyclic N) is 1. The van der Waals surface area contributed by atoms with E-state index >= 15 is 0 Å². The molecule has 150 valence electrons. The third-order valence-corrected chi connectivity index (χ3v) is 4.95. The zero-order valence-electron chi connectivity index (χ0n) is 15.8. The number of aliphatic hydroxyl groups is 1. The Morgan fingerprint density at radius 2 is 2.03 bits per heavy atom. The zero-order chi connectivity index (χ0) is 20.2. The van der Waals surface area contributed by atoms with Gasteiger partial charge in [0.05, 0.1) is 24.4 Å². The molecule has 1 fully saturated rings. The van der Waals surface area contributed by atoms with Crippen molar-refractivity contribution < 1.29 is 18.7 Å². The number of piperidine rings is 1. The number of carbonyl (C=O) groups is 1. The average Bonchev–Trinajstić information content (AvgIpc) is 3.21. The molecule has 1 atom stereocenters. The molecule has 0 bridgehead atoms. The van der Waals surface area contributed by atoms with Gasteiger partial charge in [-0.3, -0.25) is 4.79 Å². The van der Waals surface area contributed by atoms with Crippen LogP contribution in [-0.2, 0) is 6.54 Å². The molecule has 0 aliphatic carbocycles. The Morgan fingerprint density at radius 1 is 1.24 bits per heavy atom. The predicted molar refractivity (Wildman–Crippen MR) is 107 cm³/mol. The number of oxazole rings is 1. The number of nitrogens with one attached hydrogen (secondary N) is 1. The summed E-state index contributed by atoms with van der Waals surface area (Å²) in [6.07, 6.45) is 2.65. The number of carbonyl (C=O) groups excluding carboxylic acids is 1. The standard InChI is InChI=1S/C22H22FN3O3/c23-16-9-7-15(8-10-16)20-12-25-21(29-20)13-24-19-6-2-1-5-18(19)22(28)26-11-3-4-17(27)14-26/h1-2,5-10,12,17,24,27H,3-4,11,13-14H2/t17-/m1/s1. The molecule has 7 heteroatoms. The fourth-order valence-electron chi connectivity index (χ4n) is 3.44. The summed E-state index contributed by atoms with van der Waals surface area (Å²) < 4.78 is 18.8. The van der Waals surface area contributed by atoms with E-state index in [0.717, 1.165) is 18.4 Å². The van der Waals surface area contributed by atoms with Crippen molar-refractivity contribution in [2.75, 3.05) is 18.4 Å². The Balaban J connectivity index is 1.45. The van der Waals surface area contributed by atoms with Crippen LogP contribution in [0.5, 0.6) is 0 Å². The van der Waals surface area contributed by atoms with Gasteiger partial charge in [-0.05, 0) is 49.2 Å². The number of hydrogen-bond acceptors (Lipinski definition) is 5. The lowest BCUT2D eigenvalue weighted by molar-refractivity contribution is 0.0474. The number of anilines is 1. The molecule has 0 unspecified atom stereocenters.